The van der Waals surface area contributed by atoms with Crippen LogP contribution in [-0.2, 0) is 0 Å². The maximum atomic E-state index is 12.5. The zero-order valence-corrected chi connectivity index (χ0v) is 14.6. The fourth-order valence-corrected chi connectivity index (χ4v) is 3.91. The van der Waals surface area contributed by atoms with Crippen LogP contribution < -0.4 is 5.32 Å². The van der Waals surface area contributed by atoms with E-state index in [2.05, 4.69) is 14.7 Å². The third-order valence-corrected chi connectivity index (χ3v) is 5.28. The van der Waals surface area contributed by atoms with E-state index < -0.39 is 0 Å². The van der Waals surface area contributed by atoms with E-state index in [-0.39, 0.29) is 5.91 Å². The second kappa shape index (κ2) is 5.85. The lowest BCUT2D eigenvalue weighted by atomic mass is 10.1. The number of anilines is 1. The van der Waals surface area contributed by atoms with E-state index >= 15 is 0 Å². The summed E-state index contributed by atoms with van der Waals surface area (Å²) in [6.07, 6.45) is 0. The molecule has 0 fully saturated rings. The van der Waals surface area contributed by atoms with Gasteiger partial charge in [0, 0.05) is 27.4 Å². The van der Waals surface area contributed by atoms with Crippen molar-refractivity contribution in [1.82, 2.24) is 9.36 Å². The number of nitrogens with zero attached hydrogens (tertiary/aromatic N) is 2. The zero-order valence-electron chi connectivity index (χ0n) is 13.0. The number of hydrogen-bond donors (Lipinski definition) is 1. The lowest BCUT2D eigenvalue weighted by Gasteiger charge is -1.98. The van der Waals surface area contributed by atoms with Crippen LogP contribution in [-0.4, -0.2) is 15.3 Å². The molecule has 0 bridgehead atoms. The molecule has 120 valence electrons. The highest BCUT2D eigenvalue weighted by Crippen LogP contribution is 2.29. The van der Waals surface area contributed by atoms with Gasteiger partial charge in [0.15, 0.2) is 11.6 Å². The third-order valence-electron chi connectivity index (χ3n) is 3.66. The number of nitrogens with one attached hydrogen (secondary N) is 1. The van der Waals surface area contributed by atoms with Gasteiger partial charge < -0.3 is 4.42 Å². The summed E-state index contributed by atoms with van der Waals surface area (Å²) >= 11 is 2.79. The maximum Gasteiger partial charge on any atom is 0.293 e. The predicted octanol–water partition coefficient (Wildman–Crippen LogP) is 4.88. The number of aryl methyl sites for hydroxylation is 2. The van der Waals surface area contributed by atoms with E-state index in [1.807, 2.05) is 50.2 Å². The minimum atomic E-state index is -0.311. The molecule has 1 N–H and O–H groups in total. The number of furan rings is 1. The topological polar surface area (TPSA) is 68.0 Å². The molecule has 0 aliphatic carbocycles. The number of para-hydroxylation sites is 1. The Hall–Kier alpha value is -2.51. The summed E-state index contributed by atoms with van der Waals surface area (Å²) in [6, 6.07) is 11.6. The average Bonchev–Trinajstić information content (AvgIpc) is 3.27. The molecule has 3 heterocycles. The van der Waals surface area contributed by atoms with Gasteiger partial charge in [-0.1, -0.05) is 18.2 Å². The molecule has 0 atom stereocenters. The first-order valence-corrected chi connectivity index (χ1v) is 8.91. The molecule has 24 heavy (non-hydrogen) atoms. The summed E-state index contributed by atoms with van der Waals surface area (Å²) in [5.74, 6) is 0.628. The molecule has 0 saturated heterocycles. The smallest absolute Gasteiger partial charge is 0.293 e. The number of hydrogen-bond acceptors (Lipinski definition) is 6. The predicted molar refractivity (Wildman–Crippen MR) is 96.9 cm³/mol. The van der Waals surface area contributed by atoms with Crippen LogP contribution in [0.15, 0.2) is 40.8 Å². The number of thiophene rings is 1. The Morgan fingerprint density at radius 2 is 2.00 bits per heavy atom. The van der Waals surface area contributed by atoms with E-state index in [9.17, 15) is 4.79 Å². The van der Waals surface area contributed by atoms with Crippen molar-refractivity contribution in [2.75, 3.05) is 5.32 Å². The maximum absolute atomic E-state index is 12.5. The highest BCUT2D eigenvalue weighted by Gasteiger charge is 2.19. The fourth-order valence-electron chi connectivity index (χ4n) is 2.47. The first kappa shape index (κ1) is 15.0. The monoisotopic (exact) mass is 355 g/mol. The average molecular weight is 355 g/mol. The van der Waals surface area contributed by atoms with Crippen molar-refractivity contribution in [3.63, 3.8) is 0 Å². The molecule has 3 aromatic heterocycles. The molecule has 0 saturated carbocycles. The third kappa shape index (κ3) is 2.61. The van der Waals surface area contributed by atoms with Gasteiger partial charge in [-0.25, -0.2) is 0 Å². The van der Waals surface area contributed by atoms with Gasteiger partial charge in [0.2, 0.25) is 5.13 Å². The van der Waals surface area contributed by atoms with Gasteiger partial charge in [-0.2, -0.15) is 9.36 Å². The highest BCUT2D eigenvalue weighted by atomic mass is 32.1. The Morgan fingerprint density at radius 1 is 1.17 bits per heavy atom. The normalized spacial score (nSPS) is 11.1. The first-order chi connectivity index (χ1) is 11.6. The molecular weight excluding hydrogens is 342 g/mol. The molecule has 1 amide bonds. The van der Waals surface area contributed by atoms with Gasteiger partial charge >= 0.3 is 0 Å². The molecule has 7 heteroatoms. The van der Waals surface area contributed by atoms with Crippen molar-refractivity contribution in [3.8, 4) is 10.7 Å². The Morgan fingerprint density at radius 3 is 2.75 bits per heavy atom. The molecule has 0 radical (unpaired) electrons. The standard InChI is InChI=1S/C17H13N3O2S2/c1-9-7-8-13(23-9)15-18-17(24-20-15)19-16(21)14-10(2)11-5-3-4-6-12(11)22-14/h3-8H,1-2H3,(H,18,19,20,21). The summed E-state index contributed by atoms with van der Waals surface area (Å²) < 4.78 is 9.98. The summed E-state index contributed by atoms with van der Waals surface area (Å²) in [5.41, 5.74) is 1.52. The number of fused-ring (bicyclic) bond motifs is 1. The minimum Gasteiger partial charge on any atom is -0.451 e. The first-order valence-electron chi connectivity index (χ1n) is 7.32. The van der Waals surface area contributed by atoms with Gasteiger partial charge in [0.25, 0.3) is 5.91 Å². The molecule has 0 spiro atoms. The van der Waals surface area contributed by atoms with Crippen LogP contribution in [0.2, 0.25) is 0 Å². The van der Waals surface area contributed by atoms with Gasteiger partial charge in [0.1, 0.15) is 5.58 Å². The second-order valence-electron chi connectivity index (χ2n) is 5.34. The van der Waals surface area contributed by atoms with E-state index in [0.717, 1.165) is 27.4 Å². The van der Waals surface area contributed by atoms with Crippen LogP contribution in [0.3, 0.4) is 0 Å². The van der Waals surface area contributed by atoms with Crippen molar-refractivity contribution in [2.24, 2.45) is 0 Å². The molecule has 4 aromatic rings. The van der Waals surface area contributed by atoms with Crippen molar-refractivity contribution < 1.29 is 9.21 Å². The summed E-state index contributed by atoms with van der Waals surface area (Å²) in [6.45, 7) is 3.91. The molecular formula is C17H13N3O2S2. The number of carbonyl (C=O) groups is 1. The quantitative estimate of drug-likeness (QED) is 0.568. The summed E-state index contributed by atoms with van der Waals surface area (Å²) in [5, 5.41) is 4.17. The van der Waals surface area contributed by atoms with Gasteiger partial charge in [-0.05, 0) is 32.0 Å². The number of amides is 1. The van der Waals surface area contributed by atoms with Crippen LogP contribution in [0.25, 0.3) is 21.7 Å². The van der Waals surface area contributed by atoms with Crippen LogP contribution in [0.4, 0.5) is 5.13 Å². The zero-order chi connectivity index (χ0) is 16.7. The molecule has 0 unspecified atom stereocenters. The summed E-state index contributed by atoms with van der Waals surface area (Å²) in [7, 11) is 0. The minimum absolute atomic E-state index is 0.305. The van der Waals surface area contributed by atoms with Gasteiger partial charge in [0.05, 0.1) is 4.88 Å². The number of aromatic nitrogens is 2. The van der Waals surface area contributed by atoms with Gasteiger partial charge in [-0.3, -0.25) is 10.1 Å². The molecule has 1 aromatic carbocycles. The molecule has 4 rings (SSSR count). The van der Waals surface area contributed by atoms with E-state index in [1.54, 1.807) is 11.3 Å². The summed E-state index contributed by atoms with van der Waals surface area (Å²) in [4.78, 5) is 19.1. The largest absolute Gasteiger partial charge is 0.451 e. The number of rotatable bonds is 3. The number of benzene rings is 1. The van der Waals surface area contributed by atoms with E-state index in [4.69, 9.17) is 4.42 Å². The molecule has 0 aliphatic rings. The second-order valence-corrected chi connectivity index (χ2v) is 7.38. The SMILES string of the molecule is Cc1ccc(-c2nsc(NC(=O)c3oc4ccccc4c3C)n2)s1. The van der Waals surface area contributed by atoms with E-state index in [0.29, 0.717) is 22.3 Å². The Balaban J connectivity index is 1.59. The molecule has 5 nitrogen and oxygen atoms in total. The van der Waals surface area contributed by atoms with Crippen molar-refractivity contribution in [2.45, 2.75) is 13.8 Å². The fraction of sp³-hybridized carbons (Fsp3) is 0.118. The van der Waals surface area contributed by atoms with Crippen LogP contribution >= 0.6 is 22.9 Å². The lowest BCUT2D eigenvalue weighted by Crippen LogP contribution is -2.11. The van der Waals surface area contributed by atoms with Gasteiger partial charge in [-0.15, -0.1) is 11.3 Å². The number of carbonyl (C=O) groups excluding carboxylic acids is 1. The molecule has 0 aliphatic heterocycles. The van der Waals surface area contributed by atoms with Crippen LogP contribution in [0.1, 0.15) is 21.0 Å². The lowest BCUT2D eigenvalue weighted by molar-refractivity contribution is 0.0998. The van der Waals surface area contributed by atoms with Crippen molar-refractivity contribution in [1.29, 1.82) is 0 Å². The Bertz CT molecular complexity index is 1050. The van der Waals surface area contributed by atoms with Crippen molar-refractivity contribution >= 4 is 44.9 Å². The van der Waals surface area contributed by atoms with Crippen LogP contribution in [0.5, 0.6) is 0 Å². The van der Waals surface area contributed by atoms with E-state index in [1.165, 1.54) is 4.88 Å². The highest BCUT2D eigenvalue weighted by molar-refractivity contribution is 7.15. The Labute approximate surface area is 146 Å². The Kier molecular flexibility index (Phi) is 3.66. The van der Waals surface area contributed by atoms with Crippen molar-refractivity contribution in [3.05, 3.63) is 52.6 Å². The van der Waals surface area contributed by atoms with Crippen LogP contribution in [0, 0.1) is 13.8 Å².